The van der Waals surface area contributed by atoms with Crippen molar-refractivity contribution in [1.82, 2.24) is 29.9 Å². The number of methoxy groups -OCH3 is 6. The van der Waals surface area contributed by atoms with Crippen molar-refractivity contribution in [3.8, 4) is 34.5 Å². The Labute approximate surface area is 393 Å². The van der Waals surface area contributed by atoms with Crippen molar-refractivity contribution in [2.75, 3.05) is 42.7 Å². The lowest BCUT2D eigenvalue weighted by Crippen LogP contribution is -1.94. The maximum absolute atomic E-state index is 6.08. The third-order valence-corrected chi connectivity index (χ3v) is 11.9. The summed E-state index contributed by atoms with van der Waals surface area (Å²) in [6.45, 7) is 0. The summed E-state index contributed by atoms with van der Waals surface area (Å²) in [6, 6.07) is 23.1. The lowest BCUT2D eigenvalue weighted by Gasteiger charge is -2.12. The van der Waals surface area contributed by atoms with E-state index < -0.39 is 0 Å². The molecule has 0 saturated heterocycles. The van der Waals surface area contributed by atoms with Crippen molar-refractivity contribution in [2.24, 2.45) is 0 Å². The first-order chi connectivity index (χ1) is 28.9. The summed E-state index contributed by atoms with van der Waals surface area (Å²) in [5.41, 5.74) is 7.74. The van der Waals surface area contributed by atoms with Crippen LogP contribution in [0.25, 0.3) is 66.2 Å². The monoisotopic (exact) mass is 1190 g/mol. The largest absolute Gasteiger partial charge is 0.492 e. The van der Waals surface area contributed by atoms with Gasteiger partial charge < -0.3 is 58.3 Å². The van der Waals surface area contributed by atoms with Gasteiger partial charge in [0, 0.05) is 26.8 Å². The van der Waals surface area contributed by atoms with Gasteiger partial charge in [-0.15, -0.1) is 0 Å². The van der Waals surface area contributed by atoms with Crippen molar-refractivity contribution < 1.29 is 28.4 Å². The molecule has 0 aliphatic heterocycles. The van der Waals surface area contributed by atoms with Crippen LogP contribution in [0.1, 0.15) is 0 Å². The molecule has 18 heteroatoms. The fraction of sp³-hybridized carbons (Fsp3) is 0.143. The standard InChI is InChI=1S/C42H36Br6N6O6/c1-55-37-25-7-19(43)8-26(37)50-28-10-21(45)12-30(39(28)57-3)52-32-14-23(47)16-34(41(32)59-5)54-36-18-24(48)17-35(42(36)60-6)53-33-15-22(46)13-31(40(33)58-4)51-29-11-20(44)9-27(49-25)38(29)56-2/h7-18,49-54H,1-6H3. The molecule has 0 saturated carbocycles. The molecule has 6 aromatic carbocycles. The highest BCUT2D eigenvalue weighted by atomic mass is 79.9. The average Bonchev–Trinajstić information content (AvgIpc) is 3.17. The van der Waals surface area contributed by atoms with Gasteiger partial charge in [0.05, 0.1) is 109 Å². The van der Waals surface area contributed by atoms with Crippen molar-refractivity contribution in [2.45, 2.75) is 0 Å². The summed E-state index contributed by atoms with van der Waals surface area (Å²) in [5.74, 6) is 3.17. The molecule has 0 aliphatic rings. The number of hydrogen-bond acceptors (Lipinski definition) is 6. The average molecular weight is 1200 g/mol. The zero-order chi connectivity index (χ0) is 42.8. The van der Waals surface area contributed by atoms with E-state index in [0.29, 0.717) is 101 Å². The van der Waals surface area contributed by atoms with Gasteiger partial charge in [0.15, 0.2) is 34.5 Å². The van der Waals surface area contributed by atoms with E-state index in [1.165, 1.54) is 0 Å². The molecule has 0 spiro atoms. The summed E-state index contributed by atoms with van der Waals surface area (Å²) in [6.07, 6.45) is 0. The molecule has 60 heavy (non-hydrogen) atoms. The van der Waals surface area contributed by atoms with Gasteiger partial charge >= 0.3 is 0 Å². The van der Waals surface area contributed by atoms with Gasteiger partial charge in [0.25, 0.3) is 0 Å². The van der Waals surface area contributed by atoms with Gasteiger partial charge in [0.2, 0.25) is 0 Å². The van der Waals surface area contributed by atoms with Crippen LogP contribution in [-0.4, -0.2) is 72.6 Å². The SMILES string of the molecule is COc1c2cc(Br)cc1[nH]c1cc(Br)cc([nH]c3cc(Br)cc([nH]c4cc(Br)cc([nH]c5cc(Br)cc([nH]c6cc(Br)cc([nH]2)c6OC)c5OC)c4OC)c3OC)c1OC. The van der Waals surface area contributed by atoms with Crippen LogP contribution < -0.4 is 28.4 Å². The molecule has 12 nitrogen and oxygen atoms in total. The summed E-state index contributed by atoms with van der Waals surface area (Å²) >= 11 is 22.3. The minimum atomic E-state index is 0.528. The predicted octanol–water partition coefficient (Wildman–Crippen LogP) is 14.3. The van der Waals surface area contributed by atoms with Crippen LogP contribution >= 0.6 is 95.6 Å². The quantitative estimate of drug-likeness (QED) is 0.0976. The van der Waals surface area contributed by atoms with Crippen LogP contribution in [0.4, 0.5) is 0 Å². The van der Waals surface area contributed by atoms with Gasteiger partial charge in [-0.05, 0) is 72.8 Å². The van der Waals surface area contributed by atoms with E-state index in [9.17, 15) is 0 Å². The van der Waals surface area contributed by atoms with Crippen LogP contribution in [0.2, 0.25) is 0 Å². The van der Waals surface area contributed by atoms with E-state index in [4.69, 9.17) is 28.4 Å². The Balaban J connectivity index is 1.79. The van der Waals surface area contributed by atoms with Crippen LogP contribution in [0.5, 0.6) is 34.5 Å². The second-order valence-corrected chi connectivity index (χ2v) is 18.4. The zero-order valence-corrected chi connectivity index (χ0v) is 42.2. The maximum atomic E-state index is 6.08. The fourth-order valence-electron chi connectivity index (χ4n) is 6.87. The van der Waals surface area contributed by atoms with E-state index in [2.05, 4.69) is 125 Å². The van der Waals surface area contributed by atoms with Gasteiger partial charge in [-0.3, -0.25) is 0 Å². The highest BCUT2D eigenvalue weighted by molar-refractivity contribution is 9.11. The third-order valence-electron chi connectivity index (χ3n) is 9.16. The molecule has 0 unspecified atom stereocenters. The smallest absolute Gasteiger partial charge is 0.165 e. The Hall–Kier alpha value is -4.20. The lowest BCUT2D eigenvalue weighted by molar-refractivity contribution is 0.418. The number of aromatic amines is 6. The normalized spacial score (nSPS) is 11.0. The number of hydrogen-bond donors (Lipinski definition) is 6. The Kier molecular flexibility index (Phi) is 13.8. The third kappa shape index (κ3) is 9.18. The van der Waals surface area contributed by atoms with Crippen LogP contribution in [-0.2, 0) is 0 Å². The Morgan fingerprint density at radius 2 is 0.333 bits per heavy atom. The number of nitrogens with one attached hydrogen (secondary N) is 6. The van der Waals surface area contributed by atoms with Crippen molar-refractivity contribution in [1.29, 1.82) is 0 Å². The van der Waals surface area contributed by atoms with E-state index in [0.717, 1.165) is 26.8 Å². The number of ether oxygens (including phenoxy) is 6. The number of fused-ring (bicyclic) bond motifs is 12. The molecule has 6 N–H and O–H groups in total. The molecular weight excluding hydrogens is 1160 g/mol. The molecule has 0 fully saturated rings. The minimum absolute atomic E-state index is 0.528. The summed E-state index contributed by atoms with van der Waals surface area (Å²) in [4.78, 5) is 21.3. The second kappa shape index (κ2) is 18.8. The van der Waals surface area contributed by atoms with Gasteiger partial charge in [-0.2, -0.15) is 0 Å². The van der Waals surface area contributed by atoms with Gasteiger partial charge in [-0.25, -0.2) is 0 Å². The van der Waals surface area contributed by atoms with E-state index in [-0.39, 0.29) is 0 Å². The zero-order valence-electron chi connectivity index (χ0n) is 32.6. The van der Waals surface area contributed by atoms with Gasteiger partial charge in [-0.1, -0.05) is 95.6 Å². The van der Waals surface area contributed by atoms with E-state index in [1.54, 1.807) is 42.7 Å². The molecule has 12 bridgehead atoms. The second-order valence-electron chi connectivity index (χ2n) is 13.0. The van der Waals surface area contributed by atoms with Gasteiger partial charge in [0.1, 0.15) is 0 Å². The Bertz CT molecular complexity index is 2420. The first kappa shape index (κ1) is 43.9. The van der Waals surface area contributed by atoms with Crippen LogP contribution in [0.15, 0.2) is 99.6 Å². The maximum Gasteiger partial charge on any atom is 0.165 e. The van der Waals surface area contributed by atoms with Crippen molar-refractivity contribution in [3.63, 3.8) is 0 Å². The molecule has 0 radical (unpaired) electrons. The van der Waals surface area contributed by atoms with Crippen molar-refractivity contribution >= 4 is 162 Å². The molecule has 0 amide bonds. The summed E-state index contributed by atoms with van der Waals surface area (Å²) < 4.78 is 41.1. The first-order valence-corrected chi connectivity index (χ1v) is 22.5. The molecular formula is C42H36Br6N6O6. The number of aromatic nitrogens is 6. The number of rotatable bonds is 6. The number of H-pyrrole nitrogens is 6. The first-order valence-electron chi connectivity index (χ1n) is 17.7. The predicted molar refractivity (Wildman–Crippen MR) is 262 cm³/mol. The Morgan fingerprint density at radius 1 is 0.233 bits per heavy atom. The lowest BCUT2D eigenvalue weighted by atomic mass is 10.2. The fourth-order valence-corrected chi connectivity index (χ4v) is 9.61. The molecule has 7 aromatic rings. The molecule has 0 atom stereocenters. The highest BCUT2D eigenvalue weighted by Crippen LogP contribution is 2.37. The van der Waals surface area contributed by atoms with E-state index >= 15 is 0 Å². The minimum Gasteiger partial charge on any atom is -0.492 e. The molecule has 312 valence electrons. The van der Waals surface area contributed by atoms with Crippen LogP contribution in [0, 0.1) is 0 Å². The topological polar surface area (TPSA) is 150 Å². The molecule has 0 aliphatic carbocycles. The highest BCUT2D eigenvalue weighted by Gasteiger charge is 2.13. The van der Waals surface area contributed by atoms with Crippen LogP contribution in [0.3, 0.4) is 0 Å². The van der Waals surface area contributed by atoms with Crippen molar-refractivity contribution in [3.05, 3.63) is 99.6 Å². The Morgan fingerprint density at radius 3 is 0.417 bits per heavy atom. The molecule has 7 rings (SSSR count). The number of benzene rings is 6. The molecule has 1 heterocycles. The molecule has 1 aromatic heterocycles. The number of halogens is 6. The summed E-state index contributed by atoms with van der Waals surface area (Å²) in [7, 11) is 9.70. The van der Waals surface area contributed by atoms with E-state index in [1.807, 2.05) is 72.8 Å². The summed E-state index contributed by atoms with van der Waals surface area (Å²) in [5, 5.41) is 0.